The van der Waals surface area contributed by atoms with Crippen molar-refractivity contribution in [3.05, 3.63) is 71.1 Å². The number of thioether (sulfide) groups is 1. The Morgan fingerprint density at radius 2 is 1.81 bits per heavy atom. The third-order valence-corrected chi connectivity index (χ3v) is 6.69. The number of nitrogens with one attached hydrogen (secondary N) is 1. The van der Waals surface area contributed by atoms with Gasteiger partial charge in [0.1, 0.15) is 0 Å². The molecule has 4 rings (SSSR count). The van der Waals surface area contributed by atoms with Gasteiger partial charge in [0, 0.05) is 33.4 Å². The van der Waals surface area contributed by atoms with Gasteiger partial charge in [0.2, 0.25) is 0 Å². The number of aromatic nitrogens is 4. The highest BCUT2D eigenvalue weighted by Crippen LogP contribution is 2.32. The van der Waals surface area contributed by atoms with Crippen molar-refractivity contribution in [3.63, 3.8) is 0 Å². The van der Waals surface area contributed by atoms with Crippen LogP contribution in [-0.2, 0) is 0 Å². The summed E-state index contributed by atoms with van der Waals surface area (Å²) in [4.78, 5) is 18.5. The van der Waals surface area contributed by atoms with E-state index in [1.165, 1.54) is 11.8 Å². The second-order valence-electron chi connectivity index (χ2n) is 7.66. The largest absolute Gasteiger partial charge is 0.360 e. The molecule has 6 nitrogen and oxygen atoms in total. The summed E-state index contributed by atoms with van der Waals surface area (Å²) in [5, 5.41) is 10.8. The van der Waals surface area contributed by atoms with Gasteiger partial charge in [0.25, 0.3) is 0 Å². The molecule has 2 aromatic heterocycles. The monoisotopic (exact) mass is 453 g/mol. The summed E-state index contributed by atoms with van der Waals surface area (Å²) in [6, 6.07) is 15.4. The SMILES string of the molecule is CC(Sc1nnc(C(C)N(C)C)n1-c1ccc(Cl)cc1)C(=O)c1c[nH]c2ccccc12. The molecule has 2 aromatic carbocycles. The fraction of sp³-hybridized carbons (Fsp3) is 0.261. The molecule has 2 unspecified atom stereocenters. The highest BCUT2D eigenvalue weighted by atomic mass is 35.5. The Morgan fingerprint density at radius 1 is 1.10 bits per heavy atom. The molecule has 0 bridgehead atoms. The first-order valence-electron chi connectivity index (χ1n) is 10.0. The number of aromatic amines is 1. The maximum atomic E-state index is 13.2. The highest BCUT2D eigenvalue weighted by molar-refractivity contribution is 8.00. The molecule has 0 aliphatic carbocycles. The van der Waals surface area contributed by atoms with Crippen molar-refractivity contribution in [2.75, 3.05) is 14.1 Å². The number of carbonyl (C=O) groups is 1. The molecular weight excluding hydrogens is 430 g/mol. The van der Waals surface area contributed by atoms with E-state index in [4.69, 9.17) is 11.6 Å². The Labute approximate surface area is 190 Å². The topological polar surface area (TPSA) is 66.8 Å². The van der Waals surface area contributed by atoms with Crippen molar-refractivity contribution < 1.29 is 4.79 Å². The number of carbonyl (C=O) groups excluding carboxylic acids is 1. The van der Waals surface area contributed by atoms with Gasteiger partial charge < -0.3 is 4.98 Å². The summed E-state index contributed by atoms with van der Waals surface area (Å²) in [5.41, 5.74) is 2.55. The molecule has 160 valence electrons. The summed E-state index contributed by atoms with van der Waals surface area (Å²) in [6.07, 6.45) is 1.79. The van der Waals surface area contributed by atoms with Crippen LogP contribution in [-0.4, -0.2) is 49.8 Å². The maximum absolute atomic E-state index is 13.2. The van der Waals surface area contributed by atoms with Crippen molar-refractivity contribution in [1.29, 1.82) is 0 Å². The number of benzene rings is 2. The normalized spacial score (nSPS) is 13.6. The Morgan fingerprint density at radius 3 is 2.52 bits per heavy atom. The number of hydrogen-bond acceptors (Lipinski definition) is 5. The van der Waals surface area contributed by atoms with Crippen LogP contribution in [0.3, 0.4) is 0 Å². The van der Waals surface area contributed by atoms with Crippen LogP contribution in [0.1, 0.15) is 36.1 Å². The molecule has 0 aliphatic heterocycles. The molecule has 0 amide bonds. The number of rotatable bonds is 7. The van der Waals surface area contributed by atoms with Gasteiger partial charge in [-0.1, -0.05) is 41.6 Å². The predicted molar refractivity (Wildman–Crippen MR) is 126 cm³/mol. The molecule has 0 saturated carbocycles. The van der Waals surface area contributed by atoms with Gasteiger partial charge in [-0.15, -0.1) is 10.2 Å². The van der Waals surface area contributed by atoms with Crippen molar-refractivity contribution in [2.24, 2.45) is 0 Å². The van der Waals surface area contributed by atoms with E-state index in [0.717, 1.165) is 22.4 Å². The van der Waals surface area contributed by atoms with Gasteiger partial charge in [0.05, 0.1) is 11.3 Å². The molecule has 0 fully saturated rings. The average Bonchev–Trinajstić information content (AvgIpc) is 3.37. The summed E-state index contributed by atoms with van der Waals surface area (Å²) in [6.45, 7) is 3.98. The molecule has 8 heteroatoms. The molecule has 0 saturated heterocycles. The van der Waals surface area contributed by atoms with E-state index in [2.05, 4.69) is 27.0 Å². The summed E-state index contributed by atoms with van der Waals surface area (Å²) in [5.74, 6) is 0.858. The Hall–Kier alpha value is -2.61. The number of H-pyrrole nitrogens is 1. The molecule has 2 heterocycles. The van der Waals surface area contributed by atoms with Crippen molar-refractivity contribution in [3.8, 4) is 5.69 Å². The minimum absolute atomic E-state index is 0.0390. The van der Waals surface area contributed by atoms with Gasteiger partial charge in [-0.25, -0.2) is 0 Å². The summed E-state index contributed by atoms with van der Waals surface area (Å²) < 4.78 is 2.00. The predicted octanol–water partition coefficient (Wildman–Crippen LogP) is 5.39. The first-order valence-corrected chi connectivity index (χ1v) is 11.3. The van der Waals surface area contributed by atoms with E-state index in [1.807, 2.05) is 74.1 Å². The number of nitrogens with zero attached hydrogens (tertiary/aromatic N) is 4. The molecule has 0 spiro atoms. The van der Waals surface area contributed by atoms with Crippen molar-refractivity contribution in [2.45, 2.75) is 30.3 Å². The van der Waals surface area contributed by atoms with E-state index in [9.17, 15) is 4.79 Å². The number of fused-ring (bicyclic) bond motifs is 1. The lowest BCUT2D eigenvalue weighted by molar-refractivity contribution is 0.0995. The first kappa shape index (κ1) is 21.6. The lowest BCUT2D eigenvalue weighted by Gasteiger charge is -2.21. The molecular formula is C23H24ClN5OS. The lowest BCUT2D eigenvalue weighted by atomic mass is 10.1. The van der Waals surface area contributed by atoms with Crippen LogP contribution >= 0.6 is 23.4 Å². The van der Waals surface area contributed by atoms with E-state index in [1.54, 1.807) is 6.20 Å². The minimum Gasteiger partial charge on any atom is -0.360 e. The van der Waals surface area contributed by atoms with Crippen LogP contribution in [0, 0.1) is 0 Å². The highest BCUT2D eigenvalue weighted by Gasteiger charge is 2.26. The third-order valence-electron chi connectivity index (χ3n) is 5.40. The van der Waals surface area contributed by atoms with Gasteiger partial charge in [-0.3, -0.25) is 14.3 Å². The average molecular weight is 454 g/mol. The van der Waals surface area contributed by atoms with Crippen LogP contribution in [0.15, 0.2) is 59.9 Å². The van der Waals surface area contributed by atoms with E-state index >= 15 is 0 Å². The quantitative estimate of drug-likeness (QED) is 0.300. The zero-order chi connectivity index (χ0) is 22.1. The Balaban J connectivity index is 1.69. The fourth-order valence-corrected chi connectivity index (χ4v) is 4.47. The van der Waals surface area contributed by atoms with Crippen LogP contribution in [0.5, 0.6) is 0 Å². The molecule has 0 radical (unpaired) electrons. The zero-order valence-corrected chi connectivity index (χ0v) is 19.4. The van der Waals surface area contributed by atoms with E-state index in [0.29, 0.717) is 15.7 Å². The number of halogens is 1. The lowest BCUT2D eigenvalue weighted by Crippen LogP contribution is -2.21. The third kappa shape index (κ3) is 4.26. The number of Topliss-reactive ketones (excluding diaryl/α,β-unsaturated/α-hetero) is 1. The second kappa shape index (κ2) is 8.86. The number of para-hydroxylation sites is 1. The summed E-state index contributed by atoms with van der Waals surface area (Å²) >= 11 is 7.50. The number of ketones is 1. The Kier molecular flexibility index (Phi) is 6.18. The first-order chi connectivity index (χ1) is 14.9. The van der Waals surface area contributed by atoms with Crippen molar-refractivity contribution >= 4 is 40.0 Å². The van der Waals surface area contributed by atoms with Crippen LogP contribution in [0.4, 0.5) is 0 Å². The molecule has 0 aliphatic rings. The molecule has 4 aromatic rings. The number of hydrogen-bond donors (Lipinski definition) is 1. The van der Waals surface area contributed by atoms with Crippen LogP contribution < -0.4 is 0 Å². The smallest absolute Gasteiger partial charge is 0.196 e. The minimum atomic E-state index is -0.336. The van der Waals surface area contributed by atoms with Crippen LogP contribution in [0.25, 0.3) is 16.6 Å². The van der Waals surface area contributed by atoms with Crippen LogP contribution in [0.2, 0.25) is 5.02 Å². The van der Waals surface area contributed by atoms with Gasteiger partial charge in [-0.2, -0.15) is 0 Å². The zero-order valence-electron chi connectivity index (χ0n) is 17.8. The fourth-order valence-electron chi connectivity index (χ4n) is 3.40. The van der Waals surface area contributed by atoms with Gasteiger partial charge in [0.15, 0.2) is 16.8 Å². The molecule has 2 atom stereocenters. The van der Waals surface area contributed by atoms with Gasteiger partial charge >= 0.3 is 0 Å². The van der Waals surface area contributed by atoms with E-state index in [-0.39, 0.29) is 17.1 Å². The standard InChI is InChI=1S/C23H24ClN5OS/c1-14(28(3)4)22-26-27-23(29(22)17-11-9-16(24)10-12-17)31-15(2)21(30)19-13-25-20-8-6-5-7-18(19)20/h5-15,25H,1-4H3. The molecule has 1 N–H and O–H groups in total. The van der Waals surface area contributed by atoms with Crippen molar-refractivity contribution in [1.82, 2.24) is 24.6 Å². The second-order valence-corrected chi connectivity index (χ2v) is 9.41. The summed E-state index contributed by atoms with van der Waals surface area (Å²) in [7, 11) is 4.00. The molecule has 31 heavy (non-hydrogen) atoms. The van der Waals surface area contributed by atoms with E-state index < -0.39 is 0 Å². The Bertz CT molecular complexity index is 1210. The van der Waals surface area contributed by atoms with Gasteiger partial charge in [-0.05, 0) is 58.3 Å². The maximum Gasteiger partial charge on any atom is 0.196 e.